The van der Waals surface area contributed by atoms with Gasteiger partial charge >= 0.3 is 5.97 Å². The van der Waals surface area contributed by atoms with E-state index < -0.39 is 28.4 Å². The molecule has 0 spiro atoms. The maximum absolute atomic E-state index is 12.5. The number of aromatic nitrogens is 1. The molecule has 2 rings (SSSR count). The van der Waals surface area contributed by atoms with Crippen LogP contribution < -0.4 is 0 Å². The lowest BCUT2D eigenvalue weighted by atomic mass is 10.1. The van der Waals surface area contributed by atoms with Gasteiger partial charge < -0.3 is 9.72 Å². The minimum atomic E-state index is -3.72. The van der Waals surface area contributed by atoms with E-state index in [2.05, 4.69) is 4.98 Å². The van der Waals surface area contributed by atoms with E-state index in [0.717, 1.165) is 4.31 Å². The topological polar surface area (TPSA) is 114 Å². The molecule has 0 radical (unpaired) electrons. The number of ketones is 2. The molecule has 29 heavy (non-hydrogen) atoms. The number of Topliss-reactive ketones (excluding diaryl/α,β-unsaturated/α-hetero) is 2. The molecule has 1 aromatic carbocycles. The standard InChI is InChI=1S/C20H24N2O6S/c1-11-7-8-15(29(26,27)22(5)6)9-16(11)20(25)28-10-17(24)19-12(2)18(14(4)23)13(3)21-19/h7-9,21H,10H2,1-6H3. The molecule has 0 unspecified atom stereocenters. The molecule has 1 heterocycles. The highest BCUT2D eigenvalue weighted by Gasteiger charge is 2.23. The van der Waals surface area contributed by atoms with Gasteiger partial charge in [0.1, 0.15) is 0 Å². The van der Waals surface area contributed by atoms with Crippen LogP contribution in [-0.4, -0.2) is 55.9 Å². The van der Waals surface area contributed by atoms with Crippen LogP contribution in [0.2, 0.25) is 0 Å². The third-order valence-corrected chi connectivity index (χ3v) is 6.42. The van der Waals surface area contributed by atoms with Crippen molar-refractivity contribution in [2.75, 3.05) is 20.7 Å². The van der Waals surface area contributed by atoms with Crippen LogP contribution in [-0.2, 0) is 14.8 Å². The van der Waals surface area contributed by atoms with Gasteiger partial charge in [0, 0.05) is 25.4 Å². The molecule has 156 valence electrons. The van der Waals surface area contributed by atoms with Crippen molar-refractivity contribution in [2.24, 2.45) is 0 Å². The van der Waals surface area contributed by atoms with Crippen molar-refractivity contribution in [3.8, 4) is 0 Å². The summed E-state index contributed by atoms with van der Waals surface area (Å²) in [6, 6.07) is 4.14. The van der Waals surface area contributed by atoms with Crippen molar-refractivity contribution in [1.29, 1.82) is 0 Å². The highest BCUT2D eigenvalue weighted by atomic mass is 32.2. The fourth-order valence-electron chi connectivity index (χ4n) is 3.03. The zero-order valence-corrected chi connectivity index (χ0v) is 18.1. The summed E-state index contributed by atoms with van der Waals surface area (Å²) in [7, 11) is -0.937. The second-order valence-electron chi connectivity index (χ2n) is 6.94. The first-order valence-electron chi connectivity index (χ1n) is 8.81. The van der Waals surface area contributed by atoms with Crippen LogP contribution in [0, 0.1) is 20.8 Å². The average Bonchev–Trinajstić information content (AvgIpc) is 2.93. The summed E-state index contributed by atoms with van der Waals surface area (Å²) in [5.74, 6) is -1.46. The van der Waals surface area contributed by atoms with Crippen LogP contribution in [0.3, 0.4) is 0 Å². The Labute approximate surface area is 169 Å². The van der Waals surface area contributed by atoms with Crippen molar-refractivity contribution in [3.63, 3.8) is 0 Å². The van der Waals surface area contributed by atoms with E-state index in [1.165, 1.54) is 39.2 Å². The Balaban J connectivity index is 2.23. The smallest absolute Gasteiger partial charge is 0.338 e. The third-order valence-electron chi connectivity index (χ3n) is 4.61. The second kappa shape index (κ2) is 8.30. The second-order valence-corrected chi connectivity index (χ2v) is 9.10. The molecule has 0 saturated carbocycles. The summed E-state index contributed by atoms with van der Waals surface area (Å²) in [5.41, 5.74) is 2.31. The van der Waals surface area contributed by atoms with Crippen LogP contribution in [0.5, 0.6) is 0 Å². The molecule has 0 aliphatic carbocycles. The van der Waals surface area contributed by atoms with Crippen molar-refractivity contribution in [2.45, 2.75) is 32.6 Å². The van der Waals surface area contributed by atoms with E-state index >= 15 is 0 Å². The number of esters is 1. The average molecular weight is 420 g/mol. The van der Waals surface area contributed by atoms with Crippen molar-refractivity contribution in [1.82, 2.24) is 9.29 Å². The lowest BCUT2D eigenvalue weighted by molar-refractivity contribution is 0.0472. The molecular formula is C20H24N2O6S. The Morgan fingerprint density at radius 2 is 1.72 bits per heavy atom. The Bertz CT molecular complexity index is 1100. The fourth-order valence-corrected chi connectivity index (χ4v) is 3.96. The van der Waals surface area contributed by atoms with Crippen LogP contribution in [0.25, 0.3) is 0 Å². The minimum absolute atomic E-state index is 0.0479. The number of H-pyrrole nitrogens is 1. The first-order valence-corrected chi connectivity index (χ1v) is 10.3. The maximum Gasteiger partial charge on any atom is 0.338 e. The van der Waals surface area contributed by atoms with E-state index in [4.69, 9.17) is 4.74 Å². The Morgan fingerprint density at radius 3 is 2.24 bits per heavy atom. The zero-order chi connectivity index (χ0) is 22.1. The molecule has 9 heteroatoms. The van der Waals surface area contributed by atoms with E-state index in [9.17, 15) is 22.8 Å². The van der Waals surface area contributed by atoms with Crippen LogP contribution in [0.4, 0.5) is 0 Å². The number of hydrogen-bond donors (Lipinski definition) is 1. The van der Waals surface area contributed by atoms with E-state index in [1.807, 2.05) is 0 Å². The first-order chi connectivity index (χ1) is 13.4. The van der Waals surface area contributed by atoms with Gasteiger partial charge in [-0.1, -0.05) is 6.07 Å². The number of nitrogens with zero attached hydrogens (tertiary/aromatic N) is 1. The molecule has 0 atom stereocenters. The summed E-state index contributed by atoms with van der Waals surface area (Å²) in [6.45, 7) is 5.85. The number of aryl methyl sites for hydroxylation is 2. The van der Waals surface area contributed by atoms with Gasteiger partial charge in [-0.3, -0.25) is 9.59 Å². The Kier molecular flexibility index (Phi) is 6.44. The SMILES string of the molecule is CC(=O)c1c(C)[nH]c(C(=O)COC(=O)c2cc(S(=O)(=O)N(C)C)ccc2C)c1C. The van der Waals surface area contributed by atoms with Gasteiger partial charge in [-0.25, -0.2) is 17.5 Å². The molecular weight excluding hydrogens is 396 g/mol. The number of carbonyl (C=O) groups excluding carboxylic acids is 3. The van der Waals surface area contributed by atoms with Gasteiger partial charge in [0.05, 0.1) is 16.2 Å². The molecule has 2 aromatic rings. The Morgan fingerprint density at radius 1 is 1.10 bits per heavy atom. The summed E-state index contributed by atoms with van der Waals surface area (Å²) in [5, 5.41) is 0. The maximum atomic E-state index is 12.5. The lowest BCUT2D eigenvalue weighted by Crippen LogP contribution is -2.23. The normalized spacial score (nSPS) is 11.6. The molecule has 0 fully saturated rings. The largest absolute Gasteiger partial charge is 0.454 e. The van der Waals surface area contributed by atoms with E-state index in [0.29, 0.717) is 22.4 Å². The van der Waals surface area contributed by atoms with Crippen LogP contribution in [0.15, 0.2) is 23.1 Å². The van der Waals surface area contributed by atoms with Gasteiger partial charge in [0.15, 0.2) is 12.4 Å². The molecule has 0 bridgehead atoms. The van der Waals surface area contributed by atoms with Gasteiger partial charge in [-0.2, -0.15) is 0 Å². The fraction of sp³-hybridized carbons (Fsp3) is 0.350. The monoisotopic (exact) mass is 420 g/mol. The third kappa shape index (κ3) is 4.46. The number of carbonyl (C=O) groups is 3. The van der Waals surface area contributed by atoms with Gasteiger partial charge in [-0.15, -0.1) is 0 Å². The van der Waals surface area contributed by atoms with Crippen molar-refractivity contribution < 1.29 is 27.5 Å². The summed E-state index contributed by atoms with van der Waals surface area (Å²) >= 11 is 0. The quantitative estimate of drug-likeness (QED) is 0.544. The van der Waals surface area contributed by atoms with Gasteiger partial charge in [0.25, 0.3) is 0 Å². The van der Waals surface area contributed by atoms with Crippen LogP contribution >= 0.6 is 0 Å². The summed E-state index contributed by atoms with van der Waals surface area (Å²) in [6.07, 6.45) is 0. The van der Waals surface area contributed by atoms with E-state index in [-0.39, 0.29) is 21.9 Å². The lowest BCUT2D eigenvalue weighted by Gasteiger charge is -2.13. The Hall–Kier alpha value is -2.78. The summed E-state index contributed by atoms with van der Waals surface area (Å²) < 4.78 is 30.7. The molecule has 0 aliphatic heterocycles. The highest BCUT2D eigenvalue weighted by Crippen LogP contribution is 2.21. The molecule has 1 aromatic heterocycles. The molecule has 0 saturated heterocycles. The van der Waals surface area contributed by atoms with Crippen LogP contribution in [0.1, 0.15) is 54.9 Å². The number of benzene rings is 1. The predicted molar refractivity (Wildman–Crippen MR) is 107 cm³/mol. The predicted octanol–water partition coefficient (Wildman–Crippen LogP) is 2.43. The first kappa shape index (κ1) is 22.5. The molecule has 1 N–H and O–H groups in total. The van der Waals surface area contributed by atoms with E-state index in [1.54, 1.807) is 20.8 Å². The molecule has 8 nitrogen and oxygen atoms in total. The zero-order valence-electron chi connectivity index (χ0n) is 17.2. The molecule has 0 aliphatic rings. The number of aromatic amines is 1. The van der Waals surface area contributed by atoms with Crippen molar-refractivity contribution >= 4 is 27.6 Å². The van der Waals surface area contributed by atoms with Gasteiger partial charge in [-0.05, 0) is 51.0 Å². The number of nitrogens with one attached hydrogen (secondary N) is 1. The number of hydrogen-bond acceptors (Lipinski definition) is 6. The number of rotatable bonds is 7. The number of sulfonamides is 1. The van der Waals surface area contributed by atoms with Gasteiger partial charge in [0.2, 0.25) is 15.8 Å². The molecule has 0 amide bonds. The number of ether oxygens (including phenoxy) is 1. The highest BCUT2D eigenvalue weighted by molar-refractivity contribution is 7.89. The van der Waals surface area contributed by atoms with Crippen molar-refractivity contribution in [3.05, 3.63) is 51.8 Å². The minimum Gasteiger partial charge on any atom is -0.454 e. The summed E-state index contributed by atoms with van der Waals surface area (Å²) in [4.78, 5) is 39.5.